The van der Waals surface area contributed by atoms with Gasteiger partial charge in [0.15, 0.2) is 12.4 Å². The van der Waals surface area contributed by atoms with Crippen LogP contribution in [0.15, 0.2) is 30.6 Å². The molecule has 30 heavy (non-hydrogen) atoms. The van der Waals surface area contributed by atoms with Gasteiger partial charge in [-0.2, -0.15) is 0 Å². The summed E-state index contributed by atoms with van der Waals surface area (Å²) >= 11 is 0. The van der Waals surface area contributed by atoms with Crippen molar-refractivity contribution in [1.82, 2.24) is 6.15 Å². The Bertz CT molecular complexity index is 411. The van der Waals surface area contributed by atoms with E-state index in [-0.39, 0.29) is 23.1 Å². The first kappa shape index (κ1) is 31.8. The SMILES string of the molecule is Br.CCCCCCCCCCCCCCCCCCCCCC[n+]1ccccc1.N. The van der Waals surface area contributed by atoms with Crippen LogP contribution in [0.25, 0.3) is 0 Å². The summed E-state index contributed by atoms with van der Waals surface area (Å²) in [4.78, 5) is 0. The monoisotopic (exact) mass is 485 g/mol. The van der Waals surface area contributed by atoms with Crippen molar-refractivity contribution >= 4 is 17.0 Å². The molecule has 0 aliphatic carbocycles. The minimum atomic E-state index is 0. The molecule has 0 bridgehead atoms. The molecule has 1 aromatic rings. The van der Waals surface area contributed by atoms with Crippen LogP contribution in [0, 0.1) is 0 Å². The second-order valence-corrected chi connectivity index (χ2v) is 8.83. The third-order valence-electron chi connectivity index (χ3n) is 6.05. The number of aromatic nitrogens is 1. The zero-order chi connectivity index (χ0) is 20.0. The molecule has 0 aliphatic rings. The topological polar surface area (TPSA) is 38.9 Å². The number of nitrogens with zero attached hydrogens (tertiary/aromatic N) is 1. The molecule has 3 heteroatoms. The van der Waals surface area contributed by atoms with E-state index >= 15 is 0 Å². The highest BCUT2D eigenvalue weighted by Crippen LogP contribution is 2.14. The summed E-state index contributed by atoms with van der Waals surface area (Å²) in [5.41, 5.74) is 0. The lowest BCUT2D eigenvalue weighted by Crippen LogP contribution is -2.32. The van der Waals surface area contributed by atoms with Crippen LogP contribution in [0.3, 0.4) is 0 Å². The molecule has 3 N–H and O–H groups in total. The smallest absolute Gasteiger partial charge is 0.168 e. The van der Waals surface area contributed by atoms with Crippen LogP contribution in [-0.2, 0) is 6.54 Å². The fraction of sp³-hybridized carbons (Fsp3) is 0.815. The van der Waals surface area contributed by atoms with Crippen molar-refractivity contribution < 1.29 is 4.57 Å². The maximum Gasteiger partial charge on any atom is 0.168 e. The fourth-order valence-corrected chi connectivity index (χ4v) is 4.13. The molecule has 178 valence electrons. The molecule has 1 aromatic heterocycles. The van der Waals surface area contributed by atoms with Crippen molar-refractivity contribution in [3.63, 3.8) is 0 Å². The number of unbranched alkanes of at least 4 members (excludes halogenated alkanes) is 19. The van der Waals surface area contributed by atoms with E-state index in [1.54, 1.807) is 0 Å². The van der Waals surface area contributed by atoms with E-state index < -0.39 is 0 Å². The molecule has 0 aromatic carbocycles. The fourth-order valence-electron chi connectivity index (χ4n) is 4.13. The molecular formula is C27H54BrN2+. The molecule has 1 heterocycles. The van der Waals surface area contributed by atoms with Gasteiger partial charge in [-0.25, -0.2) is 4.57 Å². The third-order valence-corrected chi connectivity index (χ3v) is 6.05. The lowest BCUT2D eigenvalue weighted by Gasteiger charge is -2.04. The highest BCUT2D eigenvalue weighted by atomic mass is 79.9. The Morgan fingerprint density at radius 3 is 1.07 bits per heavy atom. The Kier molecular flexibility index (Phi) is 28.2. The van der Waals surface area contributed by atoms with Gasteiger partial charge in [0, 0.05) is 18.6 Å². The van der Waals surface area contributed by atoms with Crippen LogP contribution in [0.1, 0.15) is 135 Å². The van der Waals surface area contributed by atoms with E-state index in [1.807, 2.05) is 0 Å². The maximum atomic E-state index is 2.30. The summed E-state index contributed by atoms with van der Waals surface area (Å²) in [5, 5.41) is 0. The van der Waals surface area contributed by atoms with E-state index in [4.69, 9.17) is 0 Å². The zero-order valence-corrected chi connectivity index (χ0v) is 22.0. The van der Waals surface area contributed by atoms with Gasteiger partial charge < -0.3 is 6.15 Å². The normalized spacial score (nSPS) is 10.4. The molecular weight excluding hydrogens is 432 g/mol. The van der Waals surface area contributed by atoms with E-state index in [1.165, 1.54) is 135 Å². The number of pyridine rings is 1. The molecule has 0 atom stereocenters. The minimum Gasteiger partial charge on any atom is -0.344 e. The molecule has 0 saturated heterocycles. The van der Waals surface area contributed by atoms with Gasteiger partial charge >= 0.3 is 0 Å². The summed E-state index contributed by atoms with van der Waals surface area (Å²) in [6.45, 7) is 3.48. The van der Waals surface area contributed by atoms with Crippen LogP contribution >= 0.6 is 17.0 Å². The van der Waals surface area contributed by atoms with E-state index in [2.05, 4.69) is 42.1 Å². The van der Waals surface area contributed by atoms with Crippen molar-refractivity contribution in [2.24, 2.45) is 0 Å². The van der Waals surface area contributed by atoms with Gasteiger partial charge in [-0.3, -0.25) is 0 Å². The van der Waals surface area contributed by atoms with Gasteiger partial charge in [0.2, 0.25) is 0 Å². The molecule has 0 amide bonds. The summed E-state index contributed by atoms with van der Waals surface area (Å²) in [7, 11) is 0. The number of aryl methyl sites for hydroxylation is 1. The first-order chi connectivity index (χ1) is 13.9. The van der Waals surface area contributed by atoms with Crippen molar-refractivity contribution in [2.75, 3.05) is 0 Å². The van der Waals surface area contributed by atoms with Crippen LogP contribution in [0.4, 0.5) is 0 Å². The minimum absolute atomic E-state index is 0. The van der Waals surface area contributed by atoms with Crippen molar-refractivity contribution in [2.45, 2.75) is 142 Å². The Hall–Kier alpha value is -0.410. The first-order valence-corrected chi connectivity index (χ1v) is 12.9. The summed E-state index contributed by atoms with van der Waals surface area (Å²) < 4.78 is 2.30. The van der Waals surface area contributed by atoms with Crippen molar-refractivity contribution in [1.29, 1.82) is 0 Å². The van der Waals surface area contributed by atoms with E-state index in [0.717, 1.165) is 0 Å². The summed E-state index contributed by atoms with van der Waals surface area (Å²) in [6.07, 6.45) is 33.4. The molecule has 0 spiro atoms. The standard InChI is InChI=1S/C27H50N.BrH.H3N/c1-2-3-4-5-6-7-8-9-10-11-12-13-14-15-16-17-18-19-20-22-25-28-26-23-21-24-27-28;;/h21,23-24,26-27H,2-20,22,25H2,1H3;1H;1H3/q+1;;. The van der Waals surface area contributed by atoms with Crippen LogP contribution in [0.5, 0.6) is 0 Å². The van der Waals surface area contributed by atoms with Gasteiger partial charge in [0.05, 0.1) is 0 Å². The van der Waals surface area contributed by atoms with Gasteiger partial charge in [-0.1, -0.05) is 129 Å². The predicted octanol–water partition coefficient (Wildman–Crippen LogP) is 9.54. The third kappa shape index (κ3) is 22.3. The number of rotatable bonds is 21. The molecule has 0 saturated carbocycles. The molecule has 0 unspecified atom stereocenters. The quantitative estimate of drug-likeness (QED) is 0.136. The molecule has 2 nitrogen and oxygen atoms in total. The zero-order valence-electron chi connectivity index (χ0n) is 20.3. The summed E-state index contributed by atoms with van der Waals surface area (Å²) in [6, 6.07) is 6.33. The van der Waals surface area contributed by atoms with Crippen molar-refractivity contribution in [3.05, 3.63) is 30.6 Å². The number of hydrogen-bond acceptors (Lipinski definition) is 1. The summed E-state index contributed by atoms with van der Waals surface area (Å²) in [5.74, 6) is 0. The van der Waals surface area contributed by atoms with Crippen molar-refractivity contribution in [3.8, 4) is 0 Å². The maximum absolute atomic E-state index is 2.30. The van der Waals surface area contributed by atoms with E-state index in [9.17, 15) is 0 Å². The van der Waals surface area contributed by atoms with Gasteiger partial charge in [-0.05, 0) is 6.42 Å². The lowest BCUT2D eigenvalue weighted by molar-refractivity contribution is -0.697. The highest BCUT2D eigenvalue weighted by Gasteiger charge is 1.98. The average Bonchev–Trinajstić information content (AvgIpc) is 2.73. The second-order valence-electron chi connectivity index (χ2n) is 8.83. The average molecular weight is 487 g/mol. The Morgan fingerprint density at radius 1 is 0.433 bits per heavy atom. The largest absolute Gasteiger partial charge is 0.344 e. The molecule has 0 fully saturated rings. The first-order valence-electron chi connectivity index (χ1n) is 12.9. The molecule has 1 rings (SSSR count). The molecule has 0 radical (unpaired) electrons. The highest BCUT2D eigenvalue weighted by molar-refractivity contribution is 8.93. The lowest BCUT2D eigenvalue weighted by atomic mass is 10.0. The van der Waals surface area contributed by atoms with Crippen LogP contribution in [0.2, 0.25) is 0 Å². The number of halogens is 1. The predicted molar refractivity (Wildman–Crippen MR) is 140 cm³/mol. The van der Waals surface area contributed by atoms with Gasteiger partial charge in [0.1, 0.15) is 6.54 Å². The Labute approximate surface area is 200 Å². The van der Waals surface area contributed by atoms with Gasteiger partial charge in [0.25, 0.3) is 0 Å². The van der Waals surface area contributed by atoms with Gasteiger partial charge in [-0.15, -0.1) is 17.0 Å². The van der Waals surface area contributed by atoms with E-state index in [0.29, 0.717) is 0 Å². The second kappa shape index (κ2) is 26.6. The number of hydrogen-bond donors (Lipinski definition) is 1. The Morgan fingerprint density at radius 2 is 0.733 bits per heavy atom. The van der Waals surface area contributed by atoms with Crippen LogP contribution in [-0.4, -0.2) is 0 Å². The Balaban J connectivity index is 0. The van der Waals surface area contributed by atoms with Crippen LogP contribution < -0.4 is 10.7 Å². The molecule has 0 aliphatic heterocycles.